The Kier molecular flexibility index (Phi) is 7.11. The van der Waals surface area contributed by atoms with E-state index in [1.54, 1.807) is 40.9 Å². The Morgan fingerprint density at radius 3 is 2.28 bits per heavy atom. The van der Waals surface area contributed by atoms with Crippen molar-refractivity contribution < 1.29 is 23.9 Å². The lowest BCUT2D eigenvalue weighted by Gasteiger charge is -2.40. The zero-order valence-corrected chi connectivity index (χ0v) is 23.3. The van der Waals surface area contributed by atoms with Crippen LogP contribution in [0.4, 0.5) is 10.1 Å². The SMILES string of the molecule is Cn1c(-c2ccc(F)cc2)c(-c2ccccc2)c2ncc(C(=O)NC3(C(=O)Nc4ccc(/C=C/C(=O)O)cc4)CCC3)n21. The molecule has 1 aliphatic carbocycles. The van der Waals surface area contributed by atoms with Crippen molar-refractivity contribution in [2.24, 2.45) is 7.05 Å². The maximum Gasteiger partial charge on any atom is 0.328 e. The molecule has 0 radical (unpaired) electrons. The highest BCUT2D eigenvalue weighted by Gasteiger charge is 2.46. The number of amides is 2. The van der Waals surface area contributed by atoms with Crippen LogP contribution in [0.25, 0.3) is 34.1 Å². The molecular weight excluding hydrogens is 549 g/mol. The summed E-state index contributed by atoms with van der Waals surface area (Å²) in [5, 5.41) is 14.7. The van der Waals surface area contributed by atoms with Crippen LogP contribution in [0.3, 0.4) is 0 Å². The van der Waals surface area contributed by atoms with Crippen LogP contribution in [0.2, 0.25) is 0 Å². The van der Waals surface area contributed by atoms with Crippen LogP contribution >= 0.6 is 0 Å². The van der Waals surface area contributed by atoms with Crippen molar-refractivity contribution in [2.75, 3.05) is 5.32 Å². The fraction of sp³-hybridized carbons (Fsp3) is 0.152. The number of nitrogens with one attached hydrogen (secondary N) is 2. The predicted molar refractivity (Wildman–Crippen MR) is 161 cm³/mol. The molecule has 9 nitrogen and oxygen atoms in total. The molecule has 5 aromatic rings. The summed E-state index contributed by atoms with van der Waals surface area (Å²) in [5.74, 6) is -2.17. The molecular formula is C33H28FN5O4. The lowest BCUT2D eigenvalue weighted by molar-refractivity contribution is -0.131. The van der Waals surface area contributed by atoms with Gasteiger partial charge < -0.3 is 15.7 Å². The molecule has 0 bridgehead atoms. The lowest BCUT2D eigenvalue weighted by atomic mass is 9.75. The quantitative estimate of drug-likeness (QED) is 0.210. The van der Waals surface area contributed by atoms with E-state index >= 15 is 0 Å². The molecule has 3 aromatic carbocycles. The van der Waals surface area contributed by atoms with Crippen molar-refractivity contribution in [3.8, 4) is 22.4 Å². The number of carbonyl (C=O) groups excluding carboxylic acids is 2. The normalized spacial score (nSPS) is 14.0. The topological polar surface area (TPSA) is 118 Å². The van der Waals surface area contributed by atoms with E-state index in [1.807, 2.05) is 42.1 Å². The van der Waals surface area contributed by atoms with Crippen LogP contribution in [-0.4, -0.2) is 42.6 Å². The monoisotopic (exact) mass is 577 g/mol. The number of rotatable bonds is 8. The number of carboxylic acids is 1. The molecule has 2 amide bonds. The lowest BCUT2D eigenvalue weighted by Crippen LogP contribution is -2.61. The van der Waals surface area contributed by atoms with Gasteiger partial charge in [0.15, 0.2) is 5.65 Å². The molecule has 2 heterocycles. The van der Waals surface area contributed by atoms with Crippen molar-refractivity contribution in [3.05, 3.63) is 108 Å². The molecule has 10 heteroatoms. The largest absolute Gasteiger partial charge is 0.478 e. The van der Waals surface area contributed by atoms with E-state index in [4.69, 9.17) is 5.11 Å². The van der Waals surface area contributed by atoms with Crippen molar-refractivity contribution in [1.82, 2.24) is 19.5 Å². The molecule has 1 fully saturated rings. The van der Waals surface area contributed by atoms with Gasteiger partial charge in [0.25, 0.3) is 5.91 Å². The van der Waals surface area contributed by atoms with Crippen LogP contribution in [0, 0.1) is 5.82 Å². The highest BCUT2D eigenvalue weighted by Crippen LogP contribution is 2.38. The number of halogens is 1. The second-order valence-corrected chi connectivity index (χ2v) is 10.5. The first-order valence-corrected chi connectivity index (χ1v) is 13.8. The van der Waals surface area contributed by atoms with E-state index in [0.717, 1.165) is 34.9 Å². The van der Waals surface area contributed by atoms with Crippen LogP contribution in [-0.2, 0) is 16.6 Å². The molecule has 0 aliphatic heterocycles. The Bertz CT molecular complexity index is 1870. The van der Waals surface area contributed by atoms with Crippen LogP contribution < -0.4 is 10.6 Å². The highest BCUT2D eigenvalue weighted by molar-refractivity contribution is 6.04. The molecule has 0 atom stereocenters. The van der Waals surface area contributed by atoms with Crippen molar-refractivity contribution in [1.29, 1.82) is 0 Å². The summed E-state index contributed by atoms with van der Waals surface area (Å²) in [4.78, 5) is 42.6. The van der Waals surface area contributed by atoms with E-state index in [9.17, 15) is 18.8 Å². The van der Waals surface area contributed by atoms with Gasteiger partial charge in [-0.05, 0) is 72.9 Å². The number of fused-ring (bicyclic) bond motifs is 1. The molecule has 2 aromatic heterocycles. The number of aromatic nitrogens is 3. The minimum atomic E-state index is -1.09. The number of anilines is 1. The smallest absolute Gasteiger partial charge is 0.328 e. The molecule has 1 aliphatic rings. The summed E-state index contributed by atoms with van der Waals surface area (Å²) in [6, 6.07) is 22.6. The number of hydrogen-bond acceptors (Lipinski definition) is 4. The molecule has 43 heavy (non-hydrogen) atoms. The summed E-state index contributed by atoms with van der Waals surface area (Å²) in [6.45, 7) is 0. The van der Waals surface area contributed by atoms with Gasteiger partial charge in [-0.3, -0.25) is 14.3 Å². The average molecular weight is 578 g/mol. The summed E-state index contributed by atoms with van der Waals surface area (Å²) >= 11 is 0. The number of aliphatic carboxylic acids is 1. The summed E-state index contributed by atoms with van der Waals surface area (Å²) in [5.41, 5.74) is 4.16. The Labute approximate surface area is 246 Å². The number of hydrogen-bond donors (Lipinski definition) is 3. The number of imidazole rings is 1. The second kappa shape index (κ2) is 11.1. The van der Waals surface area contributed by atoms with E-state index < -0.39 is 17.4 Å². The van der Waals surface area contributed by atoms with Gasteiger partial charge in [0.1, 0.15) is 17.1 Å². The summed E-state index contributed by atoms with van der Waals surface area (Å²) in [6.07, 6.45) is 5.75. The van der Waals surface area contributed by atoms with Gasteiger partial charge in [-0.15, -0.1) is 0 Å². The van der Waals surface area contributed by atoms with Crippen molar-refractivity contribution >= 4 is 35.2 Å². The molecule has 0 spiro atoms. The third-order valence-electron chi connectivity index (χ3n) is 7.82. The van der Waals surface area contributed by atoms with E-state index in [0.29, 0.717) is 29.7 Å². The Morgan fingerprint density at radius 1 is 0.953 bits per heavy atom. The van der Waals surface area contributed by atoms with Gasteiger partial charge in [-0.25, -0.2) is 18.7 Å². The van der Waals surface area contributed by atoms with Gasteiger partial charge >= 0.3 is 5.97 Å². The third-order valence-corrected chi connectivity index (χ3v) is 7.82. The van der Waals surface area contributed by atoms with Gasteiger partial charge in [0.2, 0.25) is 5.91 Å². The Hall–Kier alpha value is -5.51. The van der Waals surface area contributed by atoms with Gasteiger partial charge in [-0.1, -0.05) is 42.5 Å². The van der Waals surface area contributed by atoms with Crippen LogP contribution in [0.15, 0.2) is 91.1 Å². The molecule has 6 rings (SSSR count). The predicted octanol–water partition coefficient (Wildman–Crippen LogP) is 5.53. The maximum atomic E-state index is 13.8. The molecule has 3 N–H and O–H groups in total. The van der Waals surface area contributed by atoms with Gasteiger partial charge in [0.05, 0.1) is 17.5 Å². The molecule has 0 unspecified atom stereocenters. The zero-order chi connectivity index (χ0) is 30.1. The molecule has 0 saturated heterocycles. The summed E-state index contributed by atoms with van der Waals surface area (Å²) in [7, 11) is 1.82. The summed E-state index contributed by atoms with van der Waals surface area (Å²) < 4.78 is 17.3. The van der Waals surface area contributed by atoms with E-state index in [-0.39, 0.29) is 17.4 Å². The standard InChI is InChI=1S/C33H28FN5O4/c1-38-29(23-11-13-24(34)14-12-23)28(22-6-3-2-4-7-22)30-35-20-26(39(30)38)31(42)37-33(18-5-19-33)32(43)36-25-15-8-21(9-16-25)10-17-27(40)41/h2-4,6-17,20H,5,18-19H2,1H3,(H,36,43)(H,37,42)(H,40,41)/b17-10+. The number of carbonyl (C=O) groups is 3. The number of nitrogens with zero attached hydrogens (tertiary/aromatic N) is 3. The van der Waals surface area contributed by atoms with E-state index in [1.165, 1.54) is 24.4 Å². The maximum absolute atomic E-state index is 13.8. The van der Waals surface area contributed by atoms with Gasteiger partial charge in [-0.2, -0.15) is 0 Å². The fourth-order valence-corrected chi connectivity index (χ4v) is 5.47. The Morgan fingerprint density at radius 2 is 1.65 bits per heavy atom. The van der Waals surface area contributed by atoms with Crippen LogP contribution in [0.5, 0.6) is 0 Å². The number of aryl methyl sites for hydroxylation is 1. The first kappa shape index (κ1) is 27.6. The van der Waals surface area contributed by atoms with Crippen molar-refractivity contribution in [3.63, 3.8) is 0 Å². The second-order valence-electron chi connectivity index (χ2n) is 10.5. The first-order chi connectivity index (χ1) is 20.8. The highest BCUT2D eigenvalue weighted by atomic mass is 19.1. The number of benzene rings is 3. The molecule has 216 valence electrons. The van der Waals surface area contributed by atoms with Crippen LogP contribution in [0.1, 0.15) is 35.3 Å². The van der Waals surface area contributed by atoms with E-state index in [2.05, 4.69) is 15.6 Å². The van der Waals surface area contributed by atoms with Gasteiger partial charge in [0, 0.05) is 24.4 Å². The minimum Gasteiger partial charge on any atom is -0.478 e. The van der Waals surface area contributed by atoms with Crippen molar-refractivity contribution in [2.45, 2.75) is 24.8 Å². The molecule has 1 saturated carbocycles. The third kappa shape index (κ3) is 5.19. The minimum absolute atomic E-state index is 0.261. The average Bonchev–Trinajstić information content (AvgIpc) is 3.54. The first-order valence-electron chi connectivity index (χ1n) is 13.8. The fourth-order valence-electron chi connectivity index (χ4n) is 5.47. The Balaban J connectivity index is 1.31. The number of carboxylic acid groups (broad SMARTS) is 1. The zero-order valence-electron chi connectivity index (χ0n) is 23.3.